The summed E-state index contributed by atoms with van der Waals surface area (Å²) in [7, 11) is 0. The summed E-state index contributed by atoms with van der Waals surface area (Å²) in [5.74, 6) is 1.09. The summed E-state index contributed by atoms with van der Waals surface area (Å²) in [6.07, 6.45) is 5.24. The van der Waals surface area contributed by atoms with Crippen molar-refractivity contribution in [3.8, 4) is 11.5 Å². The summed E-state index contributed by atoms with van der Waals surface area (Å²) in [5.41, 5.74) is 1.36. The van der Waals surface area contributed by atoms with Gasteiger partial charge in [0.25, 0.3) is 0 Å². The Morgan fingerprint density at radius 1 is 1.12 bits per heavy atom. The first-order chi connectivity index (χ1) is 15.6. The van der Waals surface area contributed by atoms with Gasteiger partial charge in [-0.15, -0.1) is 0 Å². The van der Waals surface area contributed by atoms with E-state index < -0.39 is 0 Å². The highest BCUT2D eigenvalue weighted by atomic mass is 16.6. The van der Waals surface area contributed by atoms with Crippen LogP contribution in [0.2, 0.25) is 0 Å². The molecule has 0 bridgehead atoms. The van der Waals surface area contributed by atoms with Gasteiger partial charge in [-0.3, -0.25) is 4.79 Å². The third kappa shape index (κ3) is 4.93. The van der Waals surface area contributed by atoms with Crippen LogP contribution in [0.5, 0.6) is 11.5 Å². The summed E-state index contributed by atoms with van der Waals surface area (Å²) >= 11 is 0. The fourth-order valence-electron chi connectivity index (χ4n) is 4.85. The van der Waals surface area contributed by atoms with E-state index in [0.29, 0.717) is 49.7 Å². The van der Waals surface area contributed by atoms with Crippen molar-refractivity contribution in [2.24, 2.45) is 11.8 Å². The molecule has 1 aromatic rings. The highest BCUT2D eigenvalue weighted by molar-refractivity contribution is 6.22. The fourth-order valence-corrected chi connectivity index (χ4v) is 4.85. The van der Waals surface area contributed by atoms with E-state index in [2.05, 4.69) is 6.92 Å². The summed E-state index contributed by atoms with van der Waals surface area (Å²) in [5, 5.41) is 0. The lowest BCUT2D eigenvalue weighted by atomic mass is 9.71. The monoisotopic (exact) mass is 444 g/mol. The molecule has 32 heavy (non-hydrogen) atoms. The molecule has 0 saturated heterocycles. The van der Waals surface area contributed by atoms with Gasteiger partial charge in [0, 0.05) is 12.8 Å². The van der Waals surface area contributed by atoms with Gasteiger partial charge in [-0.05, 0) is 43.4 Å². The predicted octanol–water partition coefficient (Wildman–Crippen LogP) is 3.93. The van der Waals surface area contributed by atoms with E-state index in [1.807, 2.05) is 18.2 Å². The van der Waals surface area contributed by atoms with Crippen LogP contribution >= 0.6 is 0 Å². The Balaban J connectivity index is 1.49. The van der Waals surface area contributed by atoms with Crippen LogP contribution in [0, 0.1) is 11.8 Å². The van der Waals surface area contributed by atoms with E-state index in [9.17, 15) is 9.59 Å². The molecule has 1 aromatic carbocycles. The number of fused-ring (bicyclic) bond motifs is 2. The largest absolute Gasteiger partial charge is 0.496 e. The average Bonchev–Trinajstić information content (AvgIpc) is 3.03. The van der Waals surface area contributed by atoms with Gasteiger partial charge < -0.3 is 23.7 Å². The van der Waals surface area contributed by atoms with E-state index in [1.54, 1.807) is 13.2 Å². The molecule has 0 spiro atoms. The zero-order valence-electron chi connectivity index (χ0n) is 18.8. The number of allylic oxidation sites excluding steroid dienone is 1. The molecular weight excluding hydrogens is 412 g/mol. The van der Waals surface area contributed by atoms with Crippen LogP contribution in [0.25, 0.3) is 5.57 Å². The van der Waals surface area contributed by atoms with E-state index in [0.717, 1.165) is 24.8 Å². The molecule has 2 heterocycles. The van der Waals surface area contributed by atoms with Crippen LogP contribution < -0.4 is 9.47 Å². The van der Waals surface area contributed by atoms with Gasteiger partial charge in [0.15, 0.2) is 17.3 Å². The van der Waals surface area contributed by atoms with Crippen molar-refractivity contribution in [2.45, 2.75) is 58.2 Å². The topological polar surface area (TPSA) is 80.3 Å². The number of rotatable bonds is 7. The van der Waals surface area contributed by atoms with Crippen molar-refractivity contribution < 1.29 is 33.3 Å². The Bertz CT molecular complexity index is 862. The minimum Gasteiger partial charge on any atom is -0.496 e. The third-order valence-electron chi connectivity index (χ3n) is 6.40. The molecule has 2 aliphatic heterocycles. The number of ketones is 1. The Labute approximate surface area is 189 Å². The summed E-state index contributed by atoms with van der Waals surface area (Å²) < 4.78 is 28.4. The lowest BCUT2D eigenvalue weighted by Gasteiger charge is -2.42. The van der Waals surface area contributed by atoms with Crippen LogP contribution in [0.4, 0.5) is 0 Å². The molecule has 7 nitrogen and oxygen atoms in total. The molecule has 1 fully saturated rings. The summed E-state index contributed by atoms with van der Waals surface area (Å²) in [6.45, 7) is 5.38. The Morgan fingerprint density at radius 3 is 2.72 bits per heavy atom. The highest BCUT2D eigenvalue weighted by Crippen LogP contribution is 2.42. The Hall–Kier alpha value is -2.54. The first-order valence-corrected chi connectivity index (χ1v) is 11.7. The smallest absolute Gasteiger partial charge is 0.332 e. The number of hydrogen-bond acceptors (Lipinski definition) is 7. The molecule has 0 amide bonds. The maximum absolute atomic E-state index is 13.5. The van der Waals surface area contributed by atoms with Crippen molar-refractivity contribution in [1.29, 1.82) is 0 Å². The van der Waals surface area contributed by atoms with Gasteiger partial charge >= 0.3 is 5.97 Å². The van der Waals surface area contributed by atoms with E-state index in [4.69, 9.17) is 23.7 Å². The Morgan fingerprint density at radius 2 is 1.94 bits per heavy atom. The van der Waals surface area contributed by atoms with Gasteiger partial charge in [0.1, 0.15) is 12.7 Å². The van der Waals surface area contributed by atoms with Gasteiger partial charge in [-0.25, -0.2) is 4.79 Å². The number of carbonyl (C=O) groups excluding carboxylic acids is 2. The van der Waals surface area contributed by atoms with Crippen molar-refractivity contribution in [3.63, 3.8) is 0 Å². The minimum atomic E-state index is -0.359. The SMILES string of the molecule is CCCC1CC2C(=O)C(c3ccc4c(c3)OCCCO4)=COC2CC1OCC(=O)OCC. The molecule has 174 valence electrons. The molecule has 0 aromatic heterocycles. The molecule has 4 atom stereocenters. The van der Waals surface area contributed by atoms with Crippen LogP contribution in [-0.4, -0.2) is 50.4 Å². The zero-order valence-corrected chi connectivity index (χ0v) is 18.8. The summed E-state index contributed by atoms with van der Waals surface area (Å²) in [4.78, 5) is 25.2. The molecule has 0 radical (unpaired) electrons. The molecule has 0 N–H and O–H groups in total. The lowest BCUT2D eigenvalue weighted by Crippen LogP contribution is -2.46. The predicted molar refractivity (Wildman–Crippen MR) is 117 cm³/mol. The van der Waals surface area contributed by atoms with Crippen LogP contribution in [-0.2, 0) is 23.8 Å². The average molecular weight is 445 g/mol. The zero-order chi connectivity index (χ0) is 22.5. The van der Waals surface area contributed by atoms with Gasteiger partial charge in [0.05, 0.1) is 43.7 Å². The molecule has 4 unspecified atom stereocenters. The van der Waals surface area contributed by atoms with Gasteiger partial charge in [-0.1, -0.05) is 19.4 Å². The first kappa shape index (κ1) is 22.6. The number of carbonyl (C=O) groups is 2. The number of ether oxygens (including phenoxy) is 5. The van der Waals surface area contributed by atoms with E-state index >= 15 is 0 Å². The second-order valence-electron chi connectivity index (χ2n) is 8.56. The Kier molecular flexibility index (Phi) is 7.35. The number of Topliss-reactive ketones (excluding diaryl/α,β-unsaturated/α-hetero) is 1. The molecule has 4 rings (SSSR count). The molecule has 1 saturated carbocycles. The standard InChI is InChI=1S/C25H32O7/c1-3-6-17-11-18-22(13-21(17)32-15-24(26)28-4-2)31-14-19(25(18)27)16-7-8-20-23(12-16)30-10-5-9-29-20/h7-8,12,14,17-18,21-22H,3-6,9-11,13,15H2,1-2H3. The fraction of sp³-hybridized carbons (Fsp3) is 0.600. The molecular formula is C25H32O7. The lowest BCUT2D eigenvalue weighted by molar-refractivity contribution is -0.157. The number of hydrogen-bond donors (Lipinski definition) is 0. The van der Waals surface area contributed by atoms with Crippen LogP contribution in [0.15, 0.2) is 24.5 Å². The summed E-state index contributed by atoms with van der Waals surface area (Å²) in [6, 6.07) is 5.61. The quantitative estimate of drug-likeness (QED) is 0.590. The number of esters is 1. The van der Waals surface area contributed by atoms with E-state index in [-0.39, 0.29) is 42.4 Å². The van der Waals surface area contributed by atoms with Crippen molar-refractivity contribution in [3.05, 3.63) is 30.0 Å². The maximum atomic E-state index is 13.5. The maximum Gasteiger partial charge on any atom is 0.332 e. The van der Waals surface area contributed by atoms with Crippen LogP contribution in [0.3, 0.4) is 0 Å². The second-order valence-corrected chi connectivity index (χ2v) is 8.56. The van der Waals surface area contributed by atoms with Crippen molar-refractivity contribution in [2.75, 3.05) is 26.4 Å². The van der Waals surface area contributed by atoms with Gasteiger partial charge in [0.2, 0.25) is 0 Å². The van der Waals surface area contributed by atoms with Crippen molar-refractivity contribution >= 4 is 17.3 Å². The third-order valence-corrected chi connectivity index (χ3v) is 6.40. The first-order valence-electron chi connectivity index (χ1n) is 11.7. The van der Waals surface area contributed by atoms with Crippen LogP contribution in [0.1, 0.15) is 51.5 Å². The molecule has 7 heteroatoms. The van der Waals surface area contributed by atoms with Gasteiger partial charge in [-0.2, -0.15) is 0 Å². The minimum absolute atomic E-state index is 0.0671. The normalized spacial score (nSPS) is 26.9. The number of benzene rings is 1. The molecule has 1 aliphatic carbocycles. The second kappa shape index (κ2) is 10.4. The highest BCUT2D eigenvalue weighted by Gasteiger charge is 2.45. The van der Waals surface area contributed by atoms with E-state index in [1.165, 1.54) is 0 Å². The van der Waals surface area contributed by atoms with Crippen molar-refractivity contribution in [1.82, 2.24) is 0 Å². The molecule has 3 aliphatic rings.